The number of methoxy groups -OCH3 is 2. The van der Waals surface area contributed by atoms with Gasteiger partial charge in [0.25, 0.3) is 0 Å². The number of likely N-dealkylation sites (tertiary alicyclic amines) is 1. The van der Waals surface area contributed by atoms with Crippen molar-refractivity contribution in [1.82, 2.24) is 10.2 Å². The number of nitrogens with zero attached hydrogens (tertiary/aromatic N) is 1. The molecule has 0 bridgehead atoms. The number of nitrogens with one attached hydrogen (secondary N) is 1. The Kier molecular flexibility index (Phi) is 7.80. The van der Waals surface area contributed by atoms with Crippen LogP contribution in [0.5, 0.6) is 0 Å². The minimum Gasteiger partial charge on any atom is -0.467 e. The Hall–Kier alpha value is -2.61. The van der Waals surface area contributed by atoms with E-state index in [1.165, 1.54) is 19.1 Å². The van der Waals surface area contributed by atoms with Gasteiger partial charge >= 0.3 is 12.1 Å². The third-order valence-electron chi connectivity index (χ3n) is 5.19. The van der Waals surface area contributed by atoms with Gasteiger partial charge in [-0.3, -0.25) is 4.79 Å². The number of carbonyl (C=O) groups excluding carboxylic acids is 2. The molecule has 0 radical (unpaired) electrons. The van der Waals surface area contributed by atoms with Gasteiger partial charge in [-0.05, 0) is 18.4 Å². The molecule has 8 heteroatoms. The van der Waals surface area contributed by atoms with E-state index < -0.39 is 36.2 Å². The van der Waals surface area contributed by atoms with Crippen LogP contribution >= 0.6 is 0 Å². The van der Waals surface area contributed by atoms with E-state index in [0.717, 1.165) is 12.0 Å². The van der Waals surface area contributed by atoms with Crippen LogP contribution in [-0.4, -0.2) is 66.9 Å². The quantitative estimate of drug-likeness (QED) is 0.652. The molecule has 4 atom stereocenters. The van der Waals surface area contributed by atoms with Crippen LogP contribution < -0.4 is 5.32 Å². The van der Waals surface area contributed by atoms with Gasteiger partial charge in [0.15, 0.2) is 0 Å². The minimum atomic E-state index is -1.02. The Morgan fingerprint density at radius 3 is 2.50 bits per heavy atom. The molecule has 2 unspecified atom stereocenters. The second-order valence-electron chi connectivity index (χ2n) is 6.95. The average Bonchev–Trinajstić information content (AvgIpc) is 3.18. The van der Waals surface area contributed by atoms with Crippen molar-refractivity contribution in [3.05, 3.63) is 35.9 Å². The molecule has 0 spiro atoms. The van der Waals surface area contributed by atoms with Crippen LogP contribution in [0.2, 0.25) is 0 Å². The van der Waals surface area contributed by atoms with Crippen LogP contribution in [-0.2, 0) is 25.5 Å². The van der Waals surface area contributed by atoms with Gasteiger partial charge < -0.3 is 24.8 Å². The summed E-state index contributed by atoms with van der Waals surface area (Å²) in [6.45, 7) is 2.10. The topological polar surface area (TPSA) is 105 Å². The maximum absolute atomic E-state index is 12.8. The lowest BCUT2D eigenvalue weighted by molar-refractivity contribution is -0.146. The molecular formula is C20H28N2O6. The van der Waals surface area contributed by atoms with E-state index in [9.17, 15) is 19.5 Å². The van der Waals surface area contributed by atoms with Crippen molar-refractivity contribution in [3.8, 4) is 0 Å². The summed E-state index contributed by atoms with van der Waals surface area (Å²) < 4.78 is 10.3. The lowest BCUT2D eigenvalue weighted by Crippen LogP contribution is -2.52. The fourth-order valence-corrected chi connectivity index (χ4v) is 3.70. The van der Waals surface area contributed by atoms with E-state index in [2.05, 4.69) is 5.32 Å². The summed E-state index contributed by atoms with van der Waals surface area (Å²) in [5, 5.41) is 12.1. The van der Waals surface area contributed by atoms with Gasteiger partial charge in [0.2, 0.25) is 5.91 Å². The summed E-state index contributed by atoms with van der Waals surface area (Å²) in [4.78, 5) is 37.8. The molecule has 1 aromatic rings. The van der Waals surface area contributed by atoms with E-state index in [-0.39, 0.29) is 5.91 Å². The third kappa shape index (κ3) is 5.22. The lowest BCUT2D eigenvalue weighted by atomic mass is 9.94. The van der Waals surface area contributed by atoms with E-state index in [1.54, 1.807) is 6.92 Å². The average molecular weight is 392 g/mol. The molecule has 0 aliphatic carbocycles. The number of benzene rings is 1. The van der Waals surface area contributed by atoms with E-state index >= 15 is 0 Å². The molecular weight excluding hydrogens is 364 g/mol. The number of hydrogen-bond donors (Lipinski definition) is 2. The third-order valence-corrected chi connectivity index (χ3v) is 5.19. The predicted molar refractivity (Wildman–Crippen MR) is 102 cm³/mol. The van der Waals surface area contributed by atoms with Crippen molar-refractivity contribution in [2.24, 2.45) is 5.92 Å². The summed E-state index contributed by atoms with van der Waals surface area (Å²) >= 11 is 0. The second kappa shape index (κ2) is 10.1. The molecule has 1 aliphatic heterocycles. The number of carboxylic acid groups (broad SMARTS) is 1. The van der Waals surface area contributed by atoms with Crippen LogP contribution in [0.3, 0.4) is 0 Å². The highest BCUT2D eigenvalue weighted by Gasteiger charge is 2.40. The van der Waals surface area contributed by atoms with E-state index in [1.807, 2.05) is 30.3 Å². The van der Waals surface area contributed by atoms with Gasteiger partial charge in [0.1, 0.15) is 6.04 Å². The van der Waals surface area contributed by atoms with Gasteiger partial charge in [-0.15, -0.1) is 0 Å². The fraction of sp³-hybridized carbons (Fsp3) is 0.550. The molecule has 1 aromatic carbocycles. The van der Waals surface area contributed by atoms with Crippen LogP contribution in [0, 0.1) is 5.92 Å². The largest absolute Gasteiger partial charge is 0.467 e. The Balaban J connectivity index is 2.10. The van der Waals surface area contributed by atoms with Crippen molar-refractivity contribution in [1.29, 1.82) is 0 Å². The summed E-state index contributed by atoms with van der Waals surface area (Å²) in [6, 6.07) is 8.09. The van der Waals surface area contributed by atoms with Gasteiger partial charge in [0.05, 0.1) is 25.2 Å². The van der Waals surface area contributed by atoms with Crippen molar-refractivity contribution in [3.63, 3.8) is 0 Å². The number of esters is 1. The first-order chi connectivity index (χ1) is 13.4. The zero-order valence-electron chi connectivity index (χ0n) is 16.5. The molecule has 1 saturated heterocycles. The molecule has 0 aromatic heterocycles. The molecule has 1 fully saturated rings. The van der Waals surface area contributed by atoms with Gasteiger partial charge in [-0.1, -0.05) is 37.3 Å². The number of hydrogen-bond acceptors (Lipinski definition) is 5. The van der Waals surface area contributed by atoms with Crippen LogP contribution in [0.1, 0.15) is 25.3 Å². The zero-order valence-corrected chi connectivity index (χ0v) is 16.5. The molecule has 2 amide bonds. The monoisotopic (exact) mass is 392 g/mol. The maximum Gasteiger partial charge on any atom is 0.407 e. The highest BCUT2D eigenvalue weighted by Crippen LogP contribution is 2.26. The second-order valence-corrected chi connectivity index (χ2v) is 6.95. The van der Waals surface area contributed by atoms with Crippen molar-refractivity contribution >= 4 is 18.0 Å². The summed E-state index contributed by atoms with van der Waals surface area (Å²) in [6.07, 6.45) is 0.0350. The van der Waals surface area contributed by atoms with Gasteiger partial charge in [-0.25, -0.2) is 9.59 Å². The zero-order chi connectivity index (χ0) is 20.7. The summed E-state index contributed by atoms with van der Waals surface area (Å²) in [7, 11) is 2.74. The minimum absolute atomic E-state index is 0.300. The first kappa shape index (κ1) is 21.7. The molecule has 2 rings (SSSR count). The molecule has 8 nitrogen and oxygen atoms in total. The van der Waals surface area contributed by atoms with Crippen LogP contribution in [0.4, 0.5) is 4.79 Å². The first-order valence-corrected chi connectivity index (χ1v) is 9.33. The molecule has 0 saturated carbocycles. The SMILES string of the molecule is COC(=O)C(Cc1ccccc1)NC(=O)[C@H](C)[C@@H](OC)C1CCCN1C(=O)O. The number of amides is 2. The Labute approximate surface area is 164 Å². The Morgan fingerprint density at radius 2 is 1.93 bits per heavy atom. The lowest BCUT2D eigenvalue weighted by Gasteiger charge is -2.32. The van der Waals surface area contributed by atoms with Crippen molar-refractivity contribution in [2.45, 2.75) is 44.4 Å². The number of carbonyl (C=O) groups is 3. The normalized spacial score (nSPS) is 19.5. The standard InChI is InChI=1S/C20H28N2O6/c1-13(17(27-2)16-10-7-11-22(16)20(25)26)18(23)21-15(19(24)28-3)12-14-8-5-4-6-9-14/h4-6,8-9,13,15-17H,7,10-12H2,1-3H3,(H,21,23)(H,25,26)/t13-,15?,16?,17-/m1/s1. The Morgan fingerprint density at radius 1 is 1.25 bits per heavy atom. The molecule has 2 N–H and O–H groups in total. The molecule has 154 valence electrons. The number of rotatable bonds is 8. The summed E-state index contributed by atoms with van der Waals surface area (Å²) in [5.41, 5.74) is 0.891. The Bertz CT molecular complexity index is 681. The van der Waals surface area contributed by atoms with Crippen LogP contribution in [0.25, 0.3) is 0 Å². The highest BCUT2D eigenvalue weighted by molar-refractivity contribution is 5.86. The van der Waals surface area contributed by atoms with Gasteiger partial charge in [0, 0.05) is 20.1 Å². The predicted octanol–water partition coefficient (Wildman–Crippen LogP) is 1.68. The van der Waals surface area contributed by atoms with Crippen molar-refractivity contribution < 1.29 is 29.0 Å². The van der Waals surface area contributed by atoms with Crippen LogP contribution in [0.15, 0.2) is 30.3 Å². The van der Waals surface area contributed by atoms with E-state index in [4.69, 9.17) is 9.47 Å². The number of ether oxygens (including phenoxy) is 2. The molecule has 1 aliphatic rings. The first-order valence-electron chi connectivity index (χ1n) is 9.33. The smallest absolute Gasteiger partial charge is 0.407 e. The van der Waals surface area contributed by atoms with Gasteiger partial charge in [-0.2, -0.15) is 0 Å². The molecule has 28 heavy (non-hydrogen) atoms. The fourth-order valence-electron chi connectivity index (χ4n) is 3.70. The molecule has 1 heterocycles. The summed E-state index contributed by atoms with van der Waals surface area (Å²) in [5.74, 6) is -1.56. The van der Waals surface area contributed by atoms with E-state index in [0.29, 0.717) is 19.4 Å². The highest BCUT2D eigenvalue weighted by atomic mass is 16.5. The van der Waals surface area contributed by atoms with Crippen molar-refractivity contribution in [2.75, 3.05) is 20.8 Å². The maximum atomic E-state index is 12.8.